The van der Waals surface area contributed by atoms with Gasteiger partial charge in [0.25, 0.3) is 0 Å². The van der Waals surface area contributed by atoms with Gasteiger partial charge in [0.2, 0.25) is 0 Å². The van der Waals surface area contributed by atoms with Crippen molar-refractivity contribution in [1.82, 2.24) is 15.3 Å². The predicted molar refractivity (Wildman–Crippen MR) is 73.2 cm³/mol. The third-order valence-corrected chi connectivity index (χ3v) is 4.43. The van der Waals surface area contributed by atoms with Crippen LogP contribution in [0.5, 0.6) is 0 Å². The lowest BCUT2D eigenvalue weighted by molar-refractivity contribution is 0.0880. The number of imidazole rings is 1. The smallest absolute Gasteiger partial charge is 0.0931 e. The molecule has 0 spiro atoms. The van der Waals surface area contributed by atoms with E-state index in [-0.39, 0.29) is 5.41 Å². The Morgan fingerprint density at radius 3 is 2.94 bits per heavy atom. The summed E-state index contributed by atoms with van der Waals surface area (Å²) >= 11 is 0. The number of fused-ring (bicyclic) bond motifs is 1. The van der Waals surface area contributed by atoms with Crippen LogP contribution in [-0.2, 0) is 0 Å². The summed E-state index contributed by atoms with van der Waals surface area (Å²) in [6.45, 7) is 0.750. The number of nitrogens with one attached hydrogen (secondary N) is 2. The second-order valence-electron chi connectivity index (χ2n) is 5.32. The fourth-order valence-corrected chi connectivity index (χ4v) is 3.20. The zero-order valence-electron chi connectivity index (χ0n) is 10.7. The van der Waals surface area contributed by atoms with E-state index in [2.05, 4.69) is 33.5 Å². The molecule has 1 unspecified atom stereocenters. The fourth-order valence-electron chi connectivity index (χ4n) is 3.20. The zero-order chi connectivity index (χ0) is 12.6. The molecule has 2 aromatic rings. The lowest BCUT2D eigenvalue weighted by atomic mass is 9.62. The lowest BCUT2D eigenvalue weighted by Crippen LogP contribution is -2.47. The second kappa shape index (κ2) is 4.37. The molecule has 1 heterocycles. The van der Waals surface area contributed by atoms with Crippen molar-refractivity contribution in [3.63, 3.8) is 0 Å². The van der Waals surface area contributed by atoms with Crippen molar-refractivity contribution in [2.45, 2.75) is 25.3 Å². The van der Waals surface area contributed by atoms with Gasteiger partial charge in [-0.2, -0.15) is 0 Å². The molecule has 96 valence electrons. The molecular weight excluding hydrogens is 224 g/mol. The third kappa shape index (κ3) is 1.64. The van der Waals surface area contributed by atoms with E-state index in [4.69, 9.17) is 5.73 Å². The van der Waals surface area contributed by atoms with Gasteiger partial charge in [-0.25, -0.2) is 4.98 Å². The van der Waals surface area contributed by atoms with Crippen LogP contribution >= 0.6 is 0 Å². The first-order valence-corrected chi connectivity index (χ1v) is 6.59. The molecule has 4 N–H and O–H groups in total. The van der Waals surface area contributed by atoms with E-state index >= 15 is 0 Å². The van der Waals surface area contributed by atoms with Crippen LogP contribution in [0.1, 0.15) is 30.9 Å². The largest absolute Gasteiger partial charge is 0.345 e. The van der Waals surface area contributed by atoms with Crippen LogP contribution in [0.4, 0.5) is 0 Å². The fraction of sp³-hybridized carbons (Fsp3) is 0.500. The second-order valence-corrected chi connectivity index (χ2v) is 5.32. The molecule has 1 atom stereocenters. The summed E-state index contributed by atoms with van der Waals surface area (Å²) in [5.74, 6) is 0. The molecule has 1 aromatic carbocycles. The van der Waals surface area contributed by atoms with Crippen LogP contribution in [-0.4, -0.2) is 23.6 Å². The van der Waals surface area contributed by atoms with Gasteiger partial charge >= 0.3 is 0 Å². The number of rotatable bonds is 4. The molecule has 1 fully saturated rings. The molecule has 1 aromatic heterocycles. The molecule has 0 aliphatic heterocycles. The molecule has 3 rings (SSSR count). The molecule has 4 nitrogen and oxygen atoms in total. The minimum Gasteiger partial charge on any atom is -0.345 e. The average molecular weight is 244 g/mol. The first-order chi connectivity index (χ1) is 8.79. The summed E-state index contributed by atoms with van der Waals surface area (Å²) in [5.41, 5.74) is 9.67. The van der Waals surface area contributed by atoms with Gasteiger partial charge in [-0.15, -0.1) is 0 Å². The summed E-state index contributed by atoms with van der Waals surface area (Å²) in [5, 5.41) is 3.45. The van der Waals surface area contributed by atoms with E-state index in [0.29, 0.717) is 6.04 Å². The SMILES string of the molecule is CNC(c1ccc2nc[nH]c2c1)C1(CN)CCC1. The predicted octanol–water partition coefficient (Wildman–Crippen LogP) is 1.95. The first-order valence-electron chi connectivity index (χ1n) is 6.59. The van der Waals surface area contributed by atoms with E-state index in [0.717, 1.165) is 17.6 Å². The minimum atomic E-state index is 0.239. The lowest BCUT2D eigenvalue weighted by Gasteiger charge is -2.47. The minimum absolute atomic E-state index is 0.239. The Bertz CT molecular complexity index is 536. The molecule has 1 saturated carbocycles. The van der Waals surface area contributed by atoms with Gasteiger partial charge in [0.15, 0.2) is 0 Å². The Labute approximate surface area is 107 Å². The Hall–Kier alpha value is -1.39. The van der Waals surface area contributed by atoms with E-state index in [1.807, 2.05) is 7.05 Å². The van der Waals surface area contributed by atoms with Crippen LogP contribution in [0, 0.1) is 5.41 Å². The molecule has 0 radical (unpaired) electrons. The molecule has 4 heteroatoms. The van der Waals surface area contributed by atoms with Crippen LogP contribution in [0.15, 0.2) is 24.5 Å². The van der Waals surface area contributed by atoms with Crippen molar-refractivity contribution in [3.05, 3.63) is 30.1 Å². The number of H-pyrrole nitrogens is 1. The number of nitrogens with zero attached hydrogens (tertiary/aromatic N) is 1. The molecule has 0 saturated heterocycles. The van der Waals surface area contributed by atoms with E-state index in [1.165, 1.54) is 24.8 Å². The van der Waals surface area contributed by atoms with E-state index < -0.39 is 0 Å². The molecule has 0 amide bonds. The van der Waals surface area contributed by atoms with Gasteiger partial charge in [0.05, 0.1) is 17.4 Å². The van der Waals surface area contributed by atoms with Crippen molar-refractivity contribution in [3.8, 4) is 0 Å². The van der Waals surface area contributed by atoms with Gasteiger partial charge < -0.3 is 16.0 Å². The van der Waals surface area contributed by atoms with Crippen molar-refractivity contribution < 1.29 is 0 Å². The number of hydrogen-bond acceptors (Lipinski definition) is 3. The van der Waals surface area contributed by atoms with Crippen LogP contribution in [0.25, 0.3) is 11.0 Å². The monoisotopic (exact) mass is 244 g/mol. The summed E-state index contributed by atoms with van der Waals surface area (Å²) in [4.78, 5) is 7.44. The Morgan fingerprint density at radius 2 is 2.33 bits per heavy atom. The van der Waals surface area contributed by atoms with Crippen LogP contribution < -0.4 is 11.1 Å². The topological polar surface area (TPSA) is 66.7 Å². The van der Waals surface area contributed by atoms with Gasteiger partial charge in [0, 0.05) is 11.5 Å². The normalized spacial score (nSPS) is 19.7. The first kappa shape index (κ1) is 11.7. The van der Waals surface area contributed by atoms with Crippen molar-refractivity contribution in [1.29, 1.82) is 0 Å². The summed E-state index contributed by atoms with van der Waals surface area (Å²) in [6.07, 6.45) is 5.47. The van der Waals surface area contributed by atoms with Gasteiger partial charge in [-0.1, -0.05) is 12.5 Å². The van der Waals surface area contributed by atoms with Gasteiger partial charge in [0.1, 0.15) is 0 Å². The van der Waals surface area contributed by atoms with Crippen LogP contribution in [0.2, 0.25) is 0 Å². The van der Waals surface area contributed by atoms with E-state index in [9.17, 15) is 0 Å². The average Bonchev–Trinajstić information content (AvgIpc) is 2.80. The Balaban J connectivity index is 1.99. The Morgan fingerprint density at radius 1 is 1.50 bits per heavy atom. The number of aromatic amines is 1. The summed E-state index contributed by atoms with van der Waals surface area (Å²) < 4.78 is 0. The van der Waals surface area contributed by atoms with Crippen molar-refractivity contribution >= 4 is 11.0 Å². The third-order valence-electron chi connectivity index (χ3n) is 4.43. The molecule has 1 aliphatic carbocycles. The molecule has 0 bridgehead atoms. The highest BCUT2D eigenvalue weighted by atomic mass is 14.9. The van der Waals surface area contributed by atoms with E-state index in [1.54, 1.807) is 6.33 Å². The quantitative estimate of drug-likeness (QED) is 0.770. The highest BCUT2D eigenvalue weighted by Gasteiger charge is 2.42. The highest BCUT2D eigenvalue weighted by molar-refractivity contribution is 5.75. The Kier molecular flexibility index (Phi) is 2.84. The van der Waals surface area contributed by atoms with Crippen molar-refractivity contribution in [2.24, 2.45) is 11.1 Å². The number of hydrogen-bond donors (Lipinski definition) is 3. The summed E-state index contributed by atoms with van der Waals surface area (Å²) in [6, 6.07) is 6.78. The van der Waals surface area contributed by atoms with Crippen molar-refractivity contribution in [2.75, 3.05) is 13.6 Å². The maximum absolute atomic E-state index is 6.02. The van der Waals surface area contributed by atoms with Crippen LogP contribution in [0.3, 0.4) is 0 Å². The molecule has 1 aliphatic rings. The standard InChI is InChI=1S/C14H20N4/c1-16-13(14(8-15)5-2-6-14)10-3-4-11-12(7-10)18-9-17-11/h3-4,7,9,13,16H,2,5-6,8,15H2,1H3,(H,17,18). The number of aromatic nitrogens is 2. The number of nitrogens with two attached hydrogens (primary N) is 1. The molecular formula is C14H20N4. The number of benzene rings is 1. The summed E-state index contributed by atoms with van der Waals surface area (Å²) in [7, 11) is 2.03. The van der Waals surface area contributed by atoms with Gasteiger partial charge in [-0.05, 0) is 44.1 Å². The highest BCUT2D eigenvalue weighted by Crippen LogP contribution is 2.49. The van der Waals surface area contributed by atoms with Gasteiger partial charge in [-0.3, -0.25) is 0 Å². The zero-order valence-corrected chi connectivity index (χ0v) is 10.7. The maximum Gasteiger partial charge on any atom is 0.0931 e. The molecule has 18 heavy (non-hydrogen) atoms. The maximum atomic E-state index is 6.02.